The van der Waals surface area contributed by atoms with Gasteiger partial charge in [0.15, 0.2) is 6.29 Å². The second-order valence-corrected chi connectivity index (χ2v) is 6.64. The minimum atomic E-state index is -0.879. The van der Waals surface area contributed by atoms with Crippen molar-refractivity contribution in [2.24, 2.45) is 5.11 Å². The normalized spacial score (nSPS) is 26.3. The summed E-state index contributed by atoms with van der Waals surface area (Å²) in [5.41, 5.74) is 10.3. The maximum absolute atomic E-state index is 12.7. The second-order valence-electron chi connectivity index (χ2n) is 6.64. The van der Waals surface area contributed by atoms with E-state index in [1.165, 1.54) is 7.11 Å². The van der Waals surface area contributed by atoms with Gasteiger partial charge in [0.05, 0.1) is 18.3 Å². The van der Waals surface area contributed by atoms with Crippen molar-refractivity contribution in [3.05, 3.63) is 82.2 Å². The first-order valence-corrected chi connectivity index (χ1v) is 9.28. The van der Waals surface area contributed by atoms with Crippen LogP contribution in [0.25, 0.3) is 10.4 Å². The average molecular weight is 397 g/mol. The first kappa shape index (κ1) is 20.8. The molecular weight excluding hydrogens is 374 g/mol. The van der Waals surface area contributed by atoms with Crippen LogP contribution in [-0.4, -0.2) is 43.7 Å². The van der Waals surface area contributed by atoms with Crippen LogP contribution in [0.3, 0.4) is 0 Å². The Bertz CT molecular complexity index is 842. The standard InChI is InChI=1S/C21H23N3O5/c1-14-17(23-24-22)18(29-20(25)16-11-7-4-8-12-16)19(21(26-2)28-14)27-13-15-9-5-3-6-10-15/h3-12,14,17-19,21H,13H2,1-2H3/t14-,17-,18+,19+,21+/m1/s1. The summed E-state index contributed by atoms with van der Waals surface area (Å²) in [6.45, 7) is 1.99. The van der Waals surface area contributed by atoms with Crippen LogP contribution in [0.4, 0.5) is 0 Å². The van der Waals surface area contributed by atoms with Gasteiger partial charge in [-0.3, -0.25) is 0 Å². The Balaban J connectivity index is 1.86. The van der Waals surface area contributed by atoms with Gasteiger partial charge in [0.2, 0.25) is 0 Å². The summed E-state index contributed by atoms with van der Waals surface area (Å²) in [6, 6.07) is 17.4. The Hall–Kier alpha value is -2.90. The third kappa shape index (κ3) is 5.13. The number of carbonyl (C=O) groups is 1. The Morgan fingerprint density at radius 3 is 2.38 bits per heavy atom. The summed E-state index contributed by atoms with van der Waals surface area (Å²) >= 11 is 0. The molecule has 0 N–H and O–H groups in total. The molecule has 1 aliphatic heterocycles. The number of benzene rings is 2. The van der Waals surface area contributed by atoms with Crippen LogP contribution in [0.2, 0.25) is 0 Å². The molecule has 0 saturated carbocycles. The van der Waals surface area contributed by atoms with Gasteiger partial charge in [-0.1, -0.05) is 53.6 Å². The van der Waals surface area contributed by atoms with E-state index in [1.807, 2.05) is 36.4 Å². The second kappa shape index (κ2) is 10.0. The highest BCUT2D eigenvalue weighted by atomic mass is 16.7. The fourth-order valence-electron chi connectivity index (χ4n) is 3.24. The number of esters is 1. The number of azide groups is 1. The third-order valence-electron chi connectivity index (χ3n) is 4.71. The summed E-state index contributed by atoms with van der Waals surface area (Å²) in [5.74, 6) is -0.536. The van der Waals surface area contributed by atoms with Gasteiger partial charge in [0, 0.05) is 12.0 Å². The molecule has 0 aliphatic carbocycles. The Labute approximate surface area is 169 Å². The fourth-order valence-corrected chi connectivity index (χ4v) is 3.24. The van der Waals surface area contributed by atoms with Crippen molar-refractivity contribution in [3.63, 3.8) is 0 Å². The summed E-state index contributed by atoms with van der Waals surface area (Å²) in [5, 5.41) is 3.81. The molecule has 0 amide bonds. The zero-order valence-corrected chi connectivity index (χ0v) is 16.3. The molecule has 0 bridgehead atoms. The monoisotopic (exact) mass is 397 g/mol. The molecule has 1 fully saturated rings. The number of nitrogens with zero attached hydrogens (tertiary/aromatic N) is 3. The van der Waals surface area contributed by atoms with Crippen LogP contribution in [0.5, 0.6) is 0 Å². The number of hydrogen-bond acceptors (Lipinski definition) is 6. The maximum atomic E-state index is 12.7. The van der Waals surface area contributed by atoms with Gasteiger partial charge in [-0.2, -0.15) is 0 Å². The van der Waals surface area contributed by atoms with Crippen molar-refractivity contribution in [1.82, 2.24) is 0 Å². The molecule has 8 heteroatoms. The van der Waals surface area contributed by atoms with Gasteiger partial charge < -0.3 is 18.9 Å². The van der Waals surface area contributed by atoms with Gasteiger partial charge in [-0.05, 0) is 30.2 Å². The highest BCUT2D eigenvalue weighted by molar-refractivity contribution is 5.89. The number of ether oxygens (including phenoxy) is 4. The molecule has 0 spiro atoms. The Kier molecular flexibility index (Phi) is 7.21. The lowest BCUT2D eigenvalue weighted by molar-refractivity contribution is -0.273. The van der Waals surface area contributed by atoms with Crippen LogP contribution < -0.4 is 0 Å². The molecule has 29 heavy (non-hydrogen) atoms. The van der Waals surface area contributed by atoms with Crippen molar-refractivity contribution in [3.8, 4) is 0 Å². The lowest BCUT2D eigenvalue weighted by atomic mass is 9.97. The molecule has 1 saturated heterocycles. The first-order valence-electron chi connectivity index (χ1n) is 9.28. The molecule has 1 aliphatic rings. The Morgan fingerprint density at radius 2 is 1.76 bits per heavy atom. The largest absolute Gasteiger partial charge is 0.455 e. The van der Waals surface area contributed by atoms with Crippen LogP contribution in [0, 0.1) is 0 Å². The van der Waals surface area contributed by atoms with E-state index in [0.717, 1.165) is 5.56 Å². The van der Waals surface area contributed by atoms with Gasteiger partial charge in [-0.15, -0.1) is 0 Å². The van der Waals surface area contributed by atoms with E-state index in [9.17, 15) is 4.79 Å². The molecule has 0 unspecified atom stereocenters. The SMILES string of the molecule is CO[C@H]1O[C@H](C)[C@@H](N=[N+]=[N-])[C@H](OC(=O)c2ccccc2)[C@@H]1OCc1ccccc1. The first-order chi connectivity index (χ1) is 14.1. The van der Waals surface area contributed by atoms with Gasteiger partial charge in [0.1, 0.15) is 18.2 Å². The minimum Gasteiger partial charge on any atom is -0.455 e. The predicted molar refractivity (Wildman–Crippen MR) is 105 cm³/mol. The van der Waals surface area contributed by atoms with Gasteiger partial charge in [-0.25, -0.2) is 4.79 Å². The van der Waals surface area contributed by atoms with Crippen molar-refractivity contribution in [2.75, 3.05) is 7.11 Å². The molecule has 8 nitrogen and oxygen atoms in total. The molecule has 0 aromatic heterocycles. The van der Waals surface area contributed by atoms with E-state index in [0.29, 0.717) is 5.56 Å². The number of carbonyl (C=O) groups excluding carboxylic acids is 1. The van der Waals surface area contributed by atoms with E-state index in [4.69, 9.17) is 24.5 Å². The smallest absolute Gasteiger partial charge is 0.338 e. The fraction of sp³-hybridized carbons (Fsp3) is 0.381. The number of hydrogen-bond donors (Lipinski definition) is 0. The summed E-state index contributed by atoms with van der Waals surface area (Å²) in [4.78, 5) is 15.6. The molecular formula is C21H23N3O5. The zero-order chi connectivity index (χ0) is 20.6. The van der Waals surface area contributed by atoms with Crippen LogP contribution in [-0.2, 0) is 25.6 Å². The van der Waals surface area contributed by atoms with E-state index in [-0.39, 0.29) is 6.61 Å². The average Bonchev–Trinajstić information content (AvgIpc) is 2.76. The highest BCUT2D eigenvalue weighted by Gasteiger charge is 2.47. The van der Waals surface area contributed by atoms with E-state index in [1.54, 1.807) is 31.2 Å². The molecule has 152 valence electrons. The highest BCUT2D eigenvalue weighted by Crippen LogP contribution is 2.30. The third-order valence-corrected chi connectivity index (χ3v) is 4.71. The van der Waals surface area contributed by atoms with Crippen LogP contribution in [0.1, 0.15) is 22.8 Å². The van der Waals surface area contributed by atoms with Crippen molar-refractivity contribution >= 4 is 5.97 Å². The predicted octanol–water partition coefficient (Wildman–Crippen LogP) is 3.87. The number of methoxy groups -OCH3 is 1. The van der Waals surface area contributed by atoms with E-state index in [2.05, 4.69) is 10.0 Å². The van der Waals surface area contributed by atoms with E-state index >= 15 is 0 Å². The van der Waals surface area contributed by atoms with Crippen molar-refractivity contribution in [1.29, 1.82) is 0 Å². The van der Waals surface area contributed by atoms with Gasteiger partial charge in [0.25, 0.3) is 0 Å². The summed E-state index contributed by atoms with van der Waals surface area (Å²) < 4.78 is 23.0. The maximum Gasteiger partial charge on any atom is 0.338 e. The Morgan fingerprint density at radius 1 is 1.10 bits per heavy atom. The van der Waals surface area contributed by atoms with Crippen LogP contribution >= 0.6 is 0 Å². The quantitative estimate of drug-likeness (QED) is 0.305. The number of rotatable bonds is 7. The summed E-state index contributed by atoms with van der Waals surface area (Å²) in [7, 11) is 1.49. The molecule has 2 aromatic rings. The van der Waals surface area contributed by atoms with E-state index < -0.39 is 36.6 Å². The lowest BCUT2D eigenvalue weighted by Gasteiger charge is -2.42. The minimum absolute atomic E-state index is 0.255. The zero-order valence-electron chi connectivity index (χ0n) is 16.3. The topological polar surface area (TPSA) is 103 Å². The van der Waals surface area contributed by atoms with Crippen LogP contribution in [0.15, 0.2) is 65.8 Å². The van der Waals surface area contributed by atoms with Gasteiger partial charge >= 0.3 is 5.97 Å². The molecule has 5 atom stereocenters. The molecule has 1 heterocycles. The molecule has 3 rings (SSSR count). The summed E-state index contributed by atoms with van der Waals surface area (Å²) in [6.07, 6.45) is -2.97. The molecule has 0 radical (unpaired) electrons. The van der Waals surface area contributed by atoms with Crippen molar-refractivity contribution < 1.29 is 23.7 Å². The van der Waals surface area contributed by atoms with Crippen molar-refractivity contribution in [2.45, 2.75) is 44.2 Å². The molecule has 2 aromatic carbocycles. The lowest BCUT2D eigenvalue weighted by Crippen LogP contribution is -2.58.